The maximum atomic E-state index is 9.35. The Kier molecular flexibility index (Phi) is 4.11. The van der Waals surface area contributed by atoms with Crippen LogP contribution in [-0.2, 0) is 0 Å². The fraction of sp³-hybridized carbons (Fsp3) is 0.357. The first-order valence-electron chi connectivity index (χ1n) is 5.92. The van der Waals surface area contributed by atoms with Crippen LogP contribution in [0.4, 0.5) is 5.69 Å². The fourth-order valence-corrected chi connectivity index (χ4v) is 2.81. The Hall–Kier alpha value is -1.40. The standard InChI is InChI=1S/C14H16N2S/c1-2-17-14-8-6-7-13(12(14)11-15)16-9-4-3-5-10-16/h3-4,6-8H,2,5,9-10H2,1H3. The summed E-state index contributed by atoms with van der Waals surface area (Å²) >= 11 is 1.74. The lowest BCUT2D eigenvalue weighted by atomic mass is 10.1. The first kappa shape index (κ1) is 12.1. The molecule has 88 valence electrons. The van der Waals surface area contributed by atoms with Crippen molar-refractivity contribution in [2.45, 2.75) is 18.2 Å². The zero-order valence-corrected chi connectivity index (χ0v) is 10.8. The van der Waals surface area contributed by atoms with Crippen molar-refractivity contribution in [1.82, 2.24) is 0 Å². The Morgan fingerprint density at radius 1 is 1.41 bits per heavy atom. The summed E-state index contributed by atoms with van der Waals surface area (Å²) in [7, 11) is 0. The first-order valence-corrected chi connectivity index (χ1v) is 6.91. The minimum Gasteiger partial charge on any atom is -0.366 e. The van der Waals surface area contributed by atoms with Crippen molar-refractivity contribution in [2.75, 3.05) is 23.7 Å². The van der Waals surface area contributed by atoms with Crippen molar-refractivity contribution in [3.63, 3.8) is 0 Å². The molecule has 0 unspecified atom stereocenters. The van der Waals surface area contributed by atoms with Gasteiger partial charge in [0.25, 0.3) is 0 Å². The predicted octanol–water partition coefficient (Wildman–Crippen LogP) is 3.44. The molecule has 2 rings (SSSR count). The Morgan fingerprint density at radius 2 is 2.29 bits per heavy atom. The number of benzene rings is 1. The van der Waals surface area contributed by atoms with Crippen LogP contribution in [0.1, 0.15) is 18.9 Å². The number of nitriles is 1. The highest BCUT2D eigenvalue weighted by Crippen LogP contribution is 2.30. The van der Waals surface area contributed by atoms with Gasteiger partial charge in [0.1, 0.15) is 6.07 Å². The normalized spacial score (nSPS) is 14.7. The minimum atomic E-state index is 0.828. The van der Waals surface area contributed by atoms with Crippen molar-refractivity contribution in [2.24, 2.45) is 0 Å². The van der Waals surface area contributed by atoms with E-state index in [1.54, 1.807) is 11.8 Å². The minimum absolute atomic E-state index is 0.828. The molecule has 1 aliphatic heterocycles. The van der Waals surface area contributed by atoms with E-state index >= 15 is 0 Å². The molecule has 0 aromatic heterocycles. The molecule has 3 heteroatoms. The number of anilines is 1. The van der Waals surface area contributed by atoms with E-state index in [-0.39, 0.29) is 0 Å². The van der Waals surface area contributed by atoms with E-state index in [4.69, 9.17) is 0 Å². The highest BCUT2D eigenvalue weighted by atomic mass is 32.2. The number of nitrogens with zero attached hydrogens (tertiary/aromatic N) is 2. The van der Waals surface area contributed by atoms with Crippen molar-refractivity contribution < 1.29 is 0 Å². The molecule has 1 aliphatic rings. The van der Waals surface area contributed by atoms with Crippen LogP contribution in [0.15, 0.2) is 35.2 Å². The average molecular weight is 244 g/mol. The van der Waals surface area contributed by atoms with Crippen LogP contribution in [0.3, 0.4) is 0 Å². The largest absolute Gasteiger partial charge is 0.366 e. The molecule has 1 heterocycles. The third kappa shape index (κ3) is 2.65. The first-order chi connectivity index (χ1) is 8.36. The van der Waals surface area contributed by atoms with Gasteiger partial charge < -0.3 is 4.90 Å². The van der Waals surface area contributed by atoms with Crippen LogP contribution in [0.2, 0.25) is 0 Å². The van der Waals surface area contributed by atoms with Gasteiger partial charge in [0.2, 0.25) is 0 Å². The SMILES string of the molecule is CCSc1cccc(N2CC=CCC2)c1C#N. The Bertz CT molecular complexity index is 460. The zero-order valence-electron chi connectivity index (χ0n) is 10.0. The van der Waals surface area contributed by atoms with Crippen molar-refractivity contribution in [1.29, 1.82) is 5.26 Å². The van der Waals surface area contributed by atoms with Crippen molar-refractivity contribution in [3.05, 3.63) is 35.9 Å². The molecule has 1 aromatic carbocycles. The Balaban J connectivity index is 2.36. The highest BCUT2D eigenvalue weighted by Gasteiger charge is 2.14. The molecular weight excluding hydrogens is 228 g/mol. The summed E-state index contributed by atoms with van der Waals surface area (Å²) in [6.07, 6.45) is 5.44. The topological polar surface area (TPSA) is 27.0 Å². The second-order valence-electron chi connectivity index (χ2n) is 3.90. The average Bonchev–Trinajstić information content (AvgIpc) is 2.40. The third-order valence-corrected chi connectivity index (χ3v) is 3.75. The number of hydrogen-bond donors (Lipinski definition) is 0. The summed E-state index contributed by atoms with van der Waals surface area (Å²) in [5.74, 6) is 0.998. The molecule has 0 amide bonds. The van der Waals surface area contributed by atoms with Gasteiger partial charge in [-0.25, -0.2) is 0 Å². The molecule has 2 nitrogen and oxygen atoms in total. The highest BCUT2D eigenvalue weighted by molar-refractivity contribution is 7.99. The quantitative estimate of drug-likeness (QED) is 0.602. The van der Waals surface area contributed by atoms with E-state index in [2.05, 4.69) is 36.1 Å². The summed E-state index contributed by atoms with van der Waals surface area (Å²) in [4.78, 5) is 3.38. The van der Waals surface area contributed by atoms with E-state index in [0.29, 0.717) is 0 Å². The molecular formula is C14H16N2S. The van der Waals surface area contributed by atoms with Crippen LogP contribution in [0.5, 0.6) is 0 Å². The van der Waals surface area contributed by atoms with Gasteiger partial charge in [0, 0.05) is 18.0 Å². The van der Waals surface area contributed by atoms with Crippen LogP contribution in [0, 0.1) is 11.3 Å². The van der Waals surface area contributed by atoms with Gasteiger partial charge in [0.05, 0.1) is 11.3 Å². The maximum absolute atomic E-state index is 9.35. The molecule has 0 saturated heterocycles. The maximum Gasteiger partial charge on any atom is 0.103 e. The number of hydrogen-bond acceptors (Lipinski definition) is 3. The van der Waals surface area contributed by atoms with Crippen LogP contribution < -0.4 is 4.90 Å². The van der Waals surface area contributed by atoms with Gasteiger partial charge in [-0.15, -0.1) is 11.8 Å². The molecule has 17 heavy (non-hydrogen) atoms. The van der Waals surface area contributed by atoms with Gasteiger partial charge in [-0.1, -0.05) is 25.1 Å². The van der Waals surface area contributed by atoms with E-state index < -0.39 is 0 Å². The van der Waals surface area contributed by atoms with Crippen molar-refractivity contribution >= 4 is 17.4 Å². The van der Waals surface area contributed by atoms with E-state index in [1.807, 2.05) is 12.1 Å². The molecule has 0 fully saturated rings. The molecule has 0 spiro atoms. The number of rotatable bonds is 3. The van der Waals surface area contributed by atoms with Crippen LogP contribution in [0.25, 0.3) is 0 Å². The Morgan fingerprint density at radius 3 is 2.94 bits per heavy atom. The lowest BCUT2D eigenvalue weighted by Gasteiger charge is -2.27. The number of thioether (sulfide) groups is 1. The molecule has 1 aromatic rings. The Labute approximate surface area is 107 Å². The van der Waals surface area contributed by atoms with Gasteiger partial charge in [-0.2, -0.15) is 5.26 Å². The summed E-state index contributed by atoms with van der Waals surface area (Å²) < 4.78 is 0. The van der Waals surface area contributed by atoms with Gasteiger partial charge >= 0.3 is 0 Å². The second kappa shape index (κ2) is 5.79. The monoisotopic (exact) mass is 244 g/mol. The lowest BCUT2D eigenvalue weighted by molar-refractivity contribution is 0.818. The molecule has 0 atom stereocenters. The fourth-order valence-electron chi connectivity index (χ4n) is 2.03. The molecule has 0 N–H and O–H groups in total. The van der Waals surface area contributed by atoms with Crippen LogP contribution in [-0.4, -0.2) is 18.8 Å². The predicted molar refractivity (Wildman–Crippen MR) is 73.5 cm³/mol. The second-order valence-corrected chi connectivity index (χ2v) is 5.21. The molecule has 0 radical (unpaired) electrons. The van der Waals surface area contributed by atoms with Crippen LogP contribution >= 0.6 is 11.8 Å². The van der Waals surface area contributed by atoms with Gasteiger partial charge in [-0.3, -0.25) is 0 Å². The summed E-state index contributed by atoms with van der Waals surface area (Å²) in [5.41, 5.74) is 1.91. The zero-order chi connectivity index (χ0) is 12.1. The van der Waals surface area contributed by atoms with E-state index in [1.165, 1.54) is 0 Å². The summed E-state index contributed by atoms with van der Waals surface area (Å²) in [5, 5.41) is 9.35. The molecule has 0 saturated carbocycles. The smallest absolute Gasteiger partial charge is 0.103 e. The third-order valence-electron chi connectivity index (χ3n) is 2.81. The molecule has 0 aliphatic carbocycles. The lowest BCUT2D eigenvalue weighted by Crippen LogP contribution is -2.27. The van der Waals surface area contributed by atoms with Gasteiger partial charge in [-0.05, 0) is 24.3 Å². The van der Waals surface area contributed by atoms with E-state index in [9.17, 15) is 5.26 Å². The van der Waals surface area contributed by atoms with E-state index in [0.717, 1.165) is 41.4 Å². The molecule has 0 bridgehead atoms. The summed E-state index contributed by atoms with van der Waals surface area (Å²) in [6.45, 7) is 4.03. The van der Waals surface area contributed by atoms with Crippen molar-refractivity contribution in [3.8, 4) is 6.07 Å². The summed E-state index contributed by atoms with van der Waals surface area (Å²) in [6, 6.07) is 8.50. The van der Waals surface area contributed by atoms with Gasteiger partial charge in [0.15, 0.2) is 0 Å².